The summed E-state index contributed by atoms with van der Waals surface area (Å²) < 4.78 is 17.2. The summed E-state index contributed by atoms with van der Waals surface area (Å²) in [6.07, 6.45) is 9.01. The first kappa shape index (κ1) is 29.8. The molecule has 0 saturated carbocycles. The molecule has 10 heteroatoms. The number of nitrogens with one attached hydrogen (secondary N) is 1. The lowest BCUT2D eigenvalue weighted by molar-refractivity contribution is 0.0841. The van der Waals surface area contributed by atoms with Gasteiger partial charge in [0.2, 0.25) is 0 Å². The second-order valence-corrected chi connectivity index (χ2v) is 11.5. The Labute approximate surface area is 257 Å². The number of carbonyl (C=O) groups excluding carboxylic acids is 1. The van der Waals surface area contributed by atoms with Crippen molar-refractivity contribution in [3.8, 4) is 11.5 Å². The molecule has 0 spiro atoms. The Bertz CT molecular complexity index is 1470. The Morgan fingerprint density at radius 1 is 0.977 bits per heavy atom. The summed E-state index contributed by atoms with van der Waals surface area (Å²) >= 11 is 0. The van der Waals surface area contributed by atoms with Crippen LogP contribution >= 0.6 is 0 Å². The highest BCUT2D eigenvalue weighted by Crippen LogP contribution is 2.25. The number of rotatable bonds is 12. The largest absolute Gasteiger partial charge is 0.490 e. The number of β-amino-alcohol motifs (C(OH)–C–C–N with tert-alkyl or cyclic N) is 1. The van der Waals surface area contributed by atoms with Crippen molar-refractivity contribution in [2.45, 2.75) is 51.2 Å². The van der Waals surface area contributed by atoms with Gasteiger partial charge in [0.15, 0.2) is 12.2 Å². The van der Waals surface area contributed by atoms with Crippen LogP contribution in [0.5, 0.6) is 11.5 Å². The van der Waals surface area contributed by atoms with Crippen LogP contribution in [0, 0.1) is 0 Å². The maximum absolute atomic E-state index is 12.7. The molecule has 0 radical (unpaired) electrons. The highest BCUT2D eigenvalue weighted by molar-refractivity contribution is 5.94. The predicted octanol–water partition coefficient (Wildman–Crippen LogP) is 3.84. The molecule has 2 N–H and O–H groups in total. The van der Waals surface area contributed by atoms with Gasteiger partial charge >= 0.3 is 0 Å². The molecule has 2 aromatic heterocycles. The van der Waals surface area contributed by atoms with E-state index in [1.165, 1.54) is 23.1 Å². The smallest absolute Gasteiger partial charge is 0.251 e. The van der Waals surface area contributed by atoms with Crippen LogP contribution in [0.2, 0.25) is 0 Å². The predicted molar refractivity (Wildman–Crippen MR) is 164 cm³/mol. The number of aromatic nitrogens is 2. The first-order chi connectivity index (χ1) is 21.6. The average molecular weight is 598 g/mol. The van der Waals surface area contributed by atoms with E-state index in [-0.39, 0.29) is 18.6 Å². The number of hydrogen-bond acceptors (Lipinski definition) is 9. The number of benzene rings is 2. The minimum Gasteiger partial charge on any atom is -0.490 e. The molecule has 10 nitrogen and oxygen atoms in total. The monoisotopic (exact) mass is 597 g/mol. The zero-order chi connectivity index (χ0) is 30.1. The molecule has 0 unspecified atom stereocenters. The number of aliphatic hydroxyl groups excluding tert-OH is 1. The van der Waals surface area contributed by atoms with Crippen LogP contribution in [-0.2, 0) is 26.1 Å². The van der Waals surface area contributed by atoms with E-state index in [0.29, 0.717) is 24.5 Å². The summed E-state index contributed by atoms with van der Waals surface area (Å²) in [5.74, 6) is 2.05. The van der Waals surface area contributed by atoms with E-state index in [0.717, 1.165) is 63.5 Å². The van der Waals surface area contributed by atoms with Crippen LogP contribution in [0.4, 0.5) is 0 Å². The van der Waals surface area contributed by atoms with Crippen molar-refractivity contribution in [3.63, 3.8) is 0 Å². The Balaban J connectivity index is 0.895. The van der Waals surface area contributed by atoms with Gasteiger partial charge < -0.3 is 24.3 Å². The van der Waals surface area contributed by atoms with Crippen molar-refractivity contribution < 1.29 is 23.8 Å². The summed E-state index contributed by atoms with van der Waals surface area (Å²) in [6, 6.07) is 17.5. The molecule has 4 aromatic rings. The molecule has 1 fully saturated rings. The van der Waals surface area contributed by atoms with Gasteiger partial charge in [0.1, 0.15) is 24.2 Å². The third-order valence-corrected chi connectivity index (χ3v) is 8.21. The van der Waals surface area contributed by atoms with Gasteiger partial charge in [-0.1, -0.05) is 6.07 Å². The molecule has 4 heterocycles. The van der Waals surface area contributed by atoms with Gasteiger partial charge in [-0.25, -0.2) is 4.98 Å². The zero-order valence-electron chi connectivity index (χ0n) is 24.8. The average Bonchev–Trinajstić information content (AvgIpc) is 3.58. The lowest BCUT2D eigenvalue weighted by Gasteiger charge is -2.32. The van der Waals surface area contributed by atoms with Crippen molar-refractivity contribution in [2.75, 3.05) is 32.7 Å². The van der Waals surface area contributed by atoms with Gasteiger partial charge in [-0.05, 0) is 84.5 Å². The van der Waals surface area contributed by atoms with Gasteiger partial charge in [-0.2, -0.15) is 0 Å². The number of aliphatic hydroxyl groups is 1. The first-order valence-electron chi connectivity index (χ1n) is 15.3. The van der Waals surface area contributed by atoms with E-state index >= 15 is 0 Å². The quantitative estimate of drug-likeness (QED) is 0.252. The van der Waals surface area contributed by atoms with Crippen LogP contribution < -0.4 is 14.8 Å². The highest BCUT2D eigenvalue weighted by Gasteiger charge is 2.22. The third-order valence-electron chi connectivity index (χ3n) is 8.21. The number of amides is 1. The SMILES string of the molecule is O=C(NC[C@H](O)CN1CCc2cc(OCc3cnco3)ccc2C1)c1ccc(OC2CCN(Cc3ccncc3)CC2)cc1. The number of ether oxygens (including phenoxy) is 2. The van der Waals surface area contributed by atoms with Gasteiger partial charge in [0.05, 0.1) is 12.3 Å². The van der Waals surface area contributed by atoms with Crippen LogP contribution in [0.25, 0.3) is 0 Å². The Hall–Kier alpha value is -4.25. The van der Waals surface area contributed by atoms with Gasteiger partial charge in [0, 0.05) is 63.8 Å². The van der Waals surface area contributed by atoms with E-state index in [1.807, 2.05) is 30.6 Å². The van der Waals surface area contributed by atoms with Crippen molar-refractivity contribution in [1.29, 1.82) is 0 Å². The third kappa shape index (κ3) is 8.22. The molecular weight excluding hydrogens is 558 g/mol. The molecule has 230 valence electrons. The molecule has 2 aliphatic rings. The molecule has 0 aliphatic carbocycles. The first-order valence-corrected chi connectivity index (χ1v) is 15.3. The molecule has 1 atom stereocenters. The molecule has 6 rings (SSSR count). The van der Waals surface area contributed by atoms with Crippen LogP contribution in [-0.4, -0.2) is 75.7 Å². The van der Waals surface area contributed by atoms with Crippen molar-refractivity contribution in [1.82, 2.24) is 25.1 Å². The van der Waals surface area contributed by atoms with Crippen LogP contribution in [0.3, 0.4) is 0 Å². The number of piperidine rings is 1. The standard InChI is InChI=1S/C34H39N5O5/c40-29(22-39-14-9-27-17-32(6-3-28(27)21-39)42-23-33-19-36-24-43-33)18-37-34(41)26-1-4-30(5-2-26)44-31-10-15-38(16-11-31)20-25-7-12-35-13-8-25/h1-8,12-13,17,19,24,29,31,40H,9-11,14-16,18,20-23H2,(H,37,41)/t29-/m0/s1. The maximum Gasteiger partial charge on any atom is 0.251 e. The van der Waals surface area contributed by atoms with Gasteiger partial charge in [-0.3, -0.25) is 19.6 Å². The molecule has 2 aromatic carbocycles. The second-order valence-electron chi connectivity index (χ2n) is 11.5. The van der Waals surface area contributed by atoms with E-state index in [2.05, 4.69) is 49.4 Å². The number of oxazole rings is 1. The number of fused-ring (bicyclic) bond motifs is 1. The van der Waals surface area contributed by atoms with Crippen molar-refractivity contribution in [3.05, 3.63) is 108 Å². The zero-order valence-corrected chi connectivity index (χ0v) is 24.8. The summed E-state index contributed by atoms with van der Waals surface area (Å²) in [4.78, 5) is 25.4. The minimum absolute atomic E-state index is 0.167. The highest BCUT2D eigenvalue weighted by atomic mass is 16.5. The van der Waals surface area contributed by atoms with E-state index in [9.17, 15) is 9.90 Å². The van der Waals surface area contributed by atoms with Crippen molar-refractivity contribution >= 4 is 5.91 Å². The van der Waals surface area contributed by atoms with Crippen molar-refractivity contribution in [2.24, 2.45) is 0 Å². The van der Waals surface area contributed by atoms with E-state index in [1.54, 1.807) is 18.3 Å². The second kappa shape index (κ2) is 14.5. The normalized spacial score (nSPS) is 16.7. The fraction of sp³-hybridized carbons (Fsp3) is 0.382. The molecular formula is C34H39N5O5. The summed E-state index contributed by atoms with van der Waals surface area (Å²) in [6.45, 7) is 5.49. The number of likely N-dealkylation sites (tertiary alicyclic amines) is 1. The Kier molecular flexibility index (Phi) is 9.81. The summed E-state index contributed by atoms with van der Waals surface area (Å²) in [5, 5.41) is 13.5. The summed E-state index contributed by atoms with van der Waals surface area (Å²) in [5.41, 5.74) is 4.29. The Morgan fingerprint density at radius 2 is 1.77 bits per heavy atom. The number of carbonyl (C=O) groups is 1. The van der Waals surface area contributed by atoms with Crippen LogP contribution in [0.1, 0.15) is 45.7 Å². The number of pyridine rings is 1. The fourth-order valence-corrected chi connectivity index (χ4v) is 5.79. The van der Waals surface area contributed by atoms with Gasteiger partial charge in [0.25, 0.3) is 5.91 Å². The van der Waals surface area contributed by atoms with E-state index in [4.69, 9.17) is 13.9 Å². The molecule has 1 amide bonds. The molecule has 44 heavy (non-hydrogen) atoms. The minimum atomic E-state index is -0.669. The fourth-order valence-electron chi connectivity index (χ4n) is 5.79. The number of hydrogen-bond donors (Lipinski definition) is 2. The van der Waals surface area contributed by atoms with Gasteiger partial charge in [-0.15, -0.1) is 0 Å². The molecule has 0 bridgehead atoms. The molecule has 2 aliphatic heterocycles. The maximum atomic E-state index is 12.7. The number of nitrogens with zero attached hydrogens (tertiary/aromatic N) is 4. The topological polar surface area (TPSA) is 113 Å². The molecule has 1 saturated heterocycles. The Morgan fingerprint density at radius 3 is 2.55 bits per heavy atom. The lowest BCUT2D eigenvalue weighted by atomic mass is 9.99. The summed E-state index contributed by atoms with van der Waals surface area (Å²) in [7, 11) is 0. The van der Waals surface area contributed by atoms with Crippen LogP contribution in [0.15, 0.2) is 84.0 Å². The lowest BCUT2D eigenvalue weighted by Crippen LogP contribution is -2.42. The van der Waals surface area contributed by atoms with E-state index < -0.39 is 6.10 Å².